The van der Waals surface area contributed by atoms with Crippen molar-refractivity contribution < 1.29 is 19.1 Å². The van der Waals surface area contributed by atoms with Crippen LogP contribution in [0.1, 0.15) is 13.8 Å². The second-order valence-electron chi connectivity index (χ2n) is 3.36. The van der Waals surface area contributed by atoms with Gasteiger partial charge in [-0.1, -0.05) is 0 Å². The first kappa shape index (κ1) is 9.95. The summed E-state index contributed by atoms with van der Waals surface area (Å²) < 4.78 is 12.8. The third kappa shape index (κ3) is 1.64. The minimum Gasteiger partial charge on any atom is -0.481 e. The highest BCUT2D eigenvalue weighted by Gasteiger charge is 2.47. The molecule has 13 heavy (non-hydrogen) atoms. The lowest BCUT2D eigenvalue weighted by molar-refractivity contribution is -0.150. The van der Waals surface area contributed by atoms with Crippen molar-refractivity contribution in [1.29, 1.82) is 0 Å². The summed E-state index contributed by atoms with van der Waals surface area (Å²) in [5, 5.41) is 11.0. The SMILES string of the molecule is CC(C(=O)O)[C@H]1NC(=O)[C@@H]1C(C)F. The van der Waals surface area contributed by atoms with Gasteiger partial charge in [-0.3, -0.25) is 9.59 Å². The molecule has 1 rings (SSSR count). The molecule has 1 amide bonds. The van der Waals surface area contributed by atoms with Gasteiger partial charge < -0.3 is 10.4 Å². The van der Waals surface area contributed by atoms with E-state index in [-0.39, 0.29) is 0 Å². The molecule has 0 aromatic carbocycles. The summed E-state index contributed by atoms with van der Waals surface area (Å²) in [7, 11) is 0. The minimum absolute atomic E-state index is 0.395. The Hall–Kier alpha value is -1.13. The first-order valence-corrected chi connectivity index (χ1v) is 4.12. The first-order valence-electron chi connectivity index (χ1n) is 4.12. The Morgan fingerprint density at radius 2 is 2.15 bits per heavy atom. The number of halogens is 1. The third-order valence-electron chi connectivity index (χ3n) is 2.42. The fourth-order valence-electron chi connectivity index (χ4n) is 1.50. The van der Waals surface area contributed by atoms with Crippen LogP contribution in [-0.2, 0) is 9.59 Å². The molecule has 0 saturated carbocycles. The number of alkyl halides is 1. The number of carbonyl (C=O) groups is 2. The van der Waals surface area contributed by atoms with Crippen LogP contribution in [0.2, 0.25) is 0 Å². The highest BCUT2D eigenvalue weighted by Crippen LogP contribution is 2.27. The van der Waals surface area contributed by atoms with Crippen LogP contribution in [0, 0.1) is 11.8 Å². The maximum absolute atomic E-state index is 12.8. The number of nitrogens with one attached hydrogen (secondary N) is 1. The topological polar surface area (TPSA) is 66.4 Å². The highest BCUT2D eigenvalue weighted by atomic mass is 19.1. The zero-order chi connectivity index (χ0) is 10.2. The molecule has 74 valence electrons. The second-order valence-corrected chi connectivity index (χ2v) is 3.36. The van der Waals surface area contributed by atoms with Gasteiger partial charge in [0.25, 0.3) is 0 Å². The Bertz CT molecular complexity index is 242. The molecule has 4 atom stereocenters. The molecular formula is C8H12FNO3. The van der Waals surface area contributed by atoms with Crippen molar-refractivity contribution in [3.63, 3.8) is 0 Å². The molecule has 0 aromatic rings. The molecule has 1 aliphatic heterocycles. The lowest BCUT2D eigenvalue weighted by atomic mass is 9.79. The molecule has 0 aromatic heterocycles. The lowest BCUT2D eigenvalue weighted by Crippen LogP contribution is -2.64. The van der Waals surface area contributed by atoms with Gasteiger partial charge in [-0.05, 0) is 13.8 Å². The van der Waals surface area contributed by atoms with Crippen molar-refractivity contribution in [1.82, 2.24) is 5.32 Å². The maximum atomic E-state index is 12.8. The van der Waals surface area contributed by atoms with Gasteiger partial charge in [-0.2, -0.15) is 0 Å². The smallest absolute Gasteiger partial charge is 0.308 e. The van der Waals surface area contributed by atoms with Gasteiger partial charge in [0.2, 0.25) is 5.91 Å². The molecule has 2 N–H and O–H groups in total. The van der Waals surface area contributed by atoms with E-state index in [9.17, 15) is 14.0 Å². The van der Waals surface area contributed by atoms with Crippen LogP contribution in [0.4, 0.5) is 4.39 Å². The molecule has 0 aliphatic carbocycles. The largest absolute Gasteiger partial charge is 0.481 e. The van der Waals surface area contributed by atoms with E-state index in [4.69, 9.17) is 5.11 Å². The summed E-state index contributed by atoms with van der Waals surface area (Å²) in [6, 6.07) is -0.565. The van der Waals surface area contributed by atoms with Crippen LogP contribution in [-0.4, -0.2) is 29.2 Å². The van der Waals surface area contributed by atoms with E-state index in [0.717, 1.165) is 0 Å². The number of amides is 1. The minimum atomic E-state index is -1.29. The monoisotopic (exact) mass is 189 g/mol. The Kier molecular flexibility index (Phi) is 2.54. The van der Waals surface area contributed by atoms with E-state index in [0.29, 0.717) is 0 Å². The van der Waals surface area contributed by atoms with E-state index in [2.05, 4.69) is 5.32 Å². The van der Waals surface area contributed by atoms with E-state index < -0.39 is 35.9 Å². The second kappa shape index (κ2) is 3.32. The maximum Gasteiger partial charge on any atom is 0.308 e. The normalized spacial score (nSPS) is 31.5. The number of carboxylic acid groups (broad SMARTS) is 1. The zero-order valence-electron chi connectivity index (χ0n) is 7.45. The molecule has 1 aliphatic rings. The predicted molar refractivity (Wildman–Crippen MR) is 42.8 cm³/mol. The van der Waals surface area contributed by atoms with Gasteiger partial charge in [0.15, 0.2) is 0 Å². The standard InChI is InChI=1S/C8H12FNO3/c1-3(8(12)13)6-5(4(2)9)7(11)10-6/h3-6H,1-2H3,(H,10,11)(H,12,13)/t3?,4?,5-,6-/m1/s1. The molecular weight excluding hydrogens is 177 g/mol. The van der Waals surface area contributed by atoms with E-state index in [1.165, 1.54) is 13.8 Å². The lowest BCUT2D eigenvalue weighted by Gasteiger charge is -2.39. The molecule has 4 nitrogen and oxygen atoms in total. The van der Waals surface area contributed by atoms with Crippen LogP contribution in [0.5, 0.6) is 0 Å². The molecule has 0 spiro atoms. The third-order valence-corrected chi connectivity index (χ3v) is 2.42. The number of hydrogen-bond donors (Lipinski definition) is 2. The van der Waals surface area contributed by atoms with E-state index in [1.54, 1.807) is 0 Å². The number of carboxylic acids is 1. The molecule has 0 radical (unpaired) electrons. The molecule has 1 saturated heterocycles. The van der Waals surface area contributed by atoms with Crippen molar-refractivity contribution >= 4 is 11.9 Å². The molecule has 1 heterocycles. The van der Waals surface area contributed by atoms with Crippen LogP contribution >= 0.6 is 0 Å². The highest BCUT2D eigenvalue weighted by molar-refractivity contribution is 5.88. The van der Waals surface area contributed by atoms with Gasteiger partial charge in [-0.15, -0.1) is 0 Å². The summed E-state index contributed by atoms with van der Waals surface area (Å²) >= 11 is 0. The van der Waals surface area contributed by atoms with E-state index >= 15 is 0 Å². The van der Waals surface area contributed by atoms with Crippen LogP contribution in [0.3, 0.4) is 0 Å². The van der Waals surface area contributed by atoms with Crippen molar-refractivity contribution in [2.24, 2.45) is 11.8 Å². The van der Waals surface area contributed by atoms with Crippen LogP contribution in [0.15, 0.2) is 0 Å². The number of β-lactam (4-membered cyclic amide) rings is 1. The summed E-state index contributed by atoms with van der Waals surface area (Å²) in [4.78, 5) is 21.4. The van der Waals surface area contributed by atoms with Crippen molar-refractivity contribution in [3.05, 3.63) is 0 Å². The fourth-order valence-corrected chi connectivity index (χ4v) is 1.50. The summed E-state index contributed by atoms with van der Waals surface area (Å²) in [6.07, 6.45) is -1.29. The average molecular weight is 189 g/mol. The Morgan fingerprint density at radius 3 is 2.46 bits per heavy atom. The number of carbonyl (C=O) groups excluding carboxylic acids is 1. The fraction of sp³-hybridized carbons (Fsp3) is 0.750. The van der Waals surface area contributed by atoms with Crippen molar-refractivity contribution in [2.45, 2.75) is 26.1 Å². The van der Waals surface area contributed by atoms with Gasteiger partial charge in [0, 0.05) is 0 Å². The molecule has 1 fully saturated rings. The van der Waals surface area contributed by atoms with Gasteiger partial charge >= 0.3 is 5.97 Å². The first-order chi connectivity index (χ1) is 5.95. The Balaban J connectivity index is 2.64. The number of rotatable bonds is 3. The average Bonchev–Trinajstić information content (AvgIpc) is 1.97. The van der Waals surface area contributed by atoms with Crippen molar-refractivity contribution in [3.8, 4) is 0 Å². The molecule has 0 bridgehead atoms. The summed E-state index contributed by atoms with van der Waals surface area (Å²) in [6.45, 7) is 2.73. The van der Waals surface area contributed by atoms with Crippen LogP contribution < -0.4 is 5.32 Å². The van der Waals surface area contributed by atoms with Gasteiger partial charge in [0.1, 0.15) is 6.17 Å². The van der Waals surface area contributed by atoms with Crippen LogP contribution in [0.25, 0.3) is 0 Å². The number of hydrogen-bond acceptors (Lipinski definition) is 2. The molecule has 5 heteroatoms. The summed E-state index contributed by atoms with van der Waals surface area (Å²) in [5.41, 5.74) is 0. The Morgan fingerprint density at radius 1 is 1.62 bits per heavy atom. The predicted octanol–water partition coefficient (Wildman–Crippen LogP) is 0.180. The van der Waals surface area contributed by atoms with Crippen molar-refractivity contribution in [2.75, 3.05) is 0 Å². The summed E-state index contributed by atoms with van der Waals surface area (Å²) in [5.74, 6) is -2.95. The number of aliphatic carboxylic acids is 1. The molecule has 2 unspecified atom stereocenters. The van der Waals surface area contributed by atoms with E-state index in [1.807, 2.05) is 0 Å². The Labute approximate surface area is 75.1 Å². The van der Waals surface area contributed by atoms with Gasteiger partial charge in [-0.25, -0.2) is 4.39 Å². The zero-order valence-corrected chi connectivity index (χ0v) is 7.45. The quantitative estimate of drug-likeness (QED) is 0.622. The van der Waals surface area contributed by atoms with Gasteiger partial charge in [0.05, 0.1) is 17.9 Å².